The van der Waals surface area contributed by atoms with Crippen molar-refractivity contribution < 1.29 is 14.3 Å². The lowest BCUT2D eigenvalue weighted by atomic mass is 10.1. The second-order valence-electron chi connectivity index (χ2n) is 7.44. The number of hydrogen-bond donors (Lipinski definition) is 2. The molecule has 0 saturated heterocycles. The molecular weight excluding hydrogens is 452 g/mol. The number of nitrogens with one attached hydrogen (secondary N) is 2. The van der Waals surface area contributed by atoms with E-state index in [2.05, 4.69) is 15.7 Å². The lowest BCUT2D eigenvalue weighted by Gasteiger charge is -2.10. The first kappa shape index (κ1) is 23.1. The van der Waals surface area contributed by atoms with Crippen LogP contribution in [0.15, 0.2) is 85.1 Å². The highest BCUT2D eigenvalue weighted by molar-refractivity contribution is 6.32. The molecule has 34 heavy (non-hydrogen) atoms. The Morgan fingerprint density at radius 1 is 0.941 bits per heavy atom. The summed E-state index contributed by atoms with van der Waals surface area (Å²) < 4.78 is 7.37. The molecule has 0 atom stereocenters. The Morgan fingerprint density at radius 3 is 2.47 bits per heavy atom. The summed E-state index contributed by atoms with van der Waals surface area (Å²) in [5.41, 5.74) is 2.34. The van der Waals surface area contributed by atoms with Gasteiger partial charge in [-0.3, -0.25) is 14.3 Å². The van der Waals surface area contributed by atoms with E-state index in [1.165, 1.54) is 0 Å². The first-order chi connectivity index (χ1) is 16.5. The Morgan fingerprint density at radius 2 is 1.71 bits per heavy atom. The van der Waals surface area contributed by atoms with Crippen molar-refractivity contribution in [1.29, 1.82) is 0 Å². The quantitative estimate of drug-likeness (QED) is 0.346. The minimum Gasteiger partial charge on any atom is -0.487 e. The second-order valence-corrected chi connectivity index (χ2v) is 7.85. The average Bonchev–Trinajstić information content (AvgIpc) is 3.27. The van der Waals surface area contributed by atoms with Gasteiger partial charge in [0.05, 0.1) is 10.7 Å². The lowest BCUT2D eigenvalue weighted by molar-refractivity contribution is 0.102. The Balaban J connectivity index is 1.48. The molecule has 172 valence electrons. The van der Waals surface area contributed by atoms with E-state index < -0.39 is 5.91 Å². The normalized spacial score (nSPS) is 10.5. The van der Waals surface area contributed by atoms with Crippen molar-refractivity contribution in [1.82, 2.24) is 9.78 Å². The van der Waals surface area contributed by atoms with Gasteiger partial charge in [0.2, 0.25) is 0 Å². The Labute approximate surface area is 202 Å². The van der Waals surface area contributed by atoms with Gasteiger partial charge in [0.25, 0.3) is 11.8 Å². The van der Waals surface area contributed by atoms with Gasteiger partial charge in [0.15, 0.2) is 5.69 Å². The minimum atomic E-state index is -0.407. The van der Waals surface area contributed by atoms with Crippen molar-refractivity contribution in [2.24, 2.45) is 0 Å². The van der Waals surface area contributed by atoms with Crippen molar-refractivity contribution in [3.63, 3.8) is 0 Å². The molecule has 0 aliphatic carbocycles. The third kappa shape index (κ3) is 5.63. The number of aryl methyl sites for hydroxylation is 1. The third-order valence-electron chi connectivity index (χ3n) is 5.00. The van der Waals surface area contributed by atoms with Gasteiger partial charge in [-0.1, -0.05) is 54.1 Å². The molecule has 8 heteroatoms. The molecule has 0 bridgehead atoms. The van der Waals surface area contributed by atoms with Crippen molar-refractivity contribution in [3.05, 3.63) is 107 Å². The highest BCUT2D eigenvalue weighted by Crippen LogP contribution is 2.24. The van der Waals surface area contributed by atoms with Crippen molar-refractivity contribution in [2.45, 2.75) is 20.1 Å². The molecule has 1 aromatic heterocycles. The molecule has 4 rings (SSSR count). The van der Waals surface area contributed by atoms with Crippen LogP contribution in [0.4, 0.5) is 11.4 Å². The largest absolute Gasteiger partial charge is 0.487 e. The van der Waals surface area contributed by atoms with Crippen LogP contribution in [0.1, 0.15) is 33.3 Å². The Kier molecular flexibility index (Phi) is 7.25. The molecule has 3 aromatic carbocycles. The van der Waals surface area contributed by atoms with Crippen LogP contribution in [0.2, 0.25) is 5.02 Å². The highest BCUT2D eigenvalue weighted by Gasteiger charge is 2.19. The lowest BCUT2D eigenvalue weighted by Crippen LogP contribution is -2.18. The topological polar surface area (TPSA) is 85.2 Å². The number of carbonyl (C=O) groups excluding carboxylic acids is 2. The monoisotopic (exact) mass is 474 g/mol. The summed E-state index contributed by atoms with van der Waals surface area (Å²) in [6.45, 7) is 2.71. The maximum atomic E-state index is 13.0. The van der Waals surface area contributed by atoms with Crippen LogP contribution in [0.3, 0.4) is 0 Å². The van der Waals surface area contributed by atoms with Gasteiger partial charge < -0.3 is 15.4 Å². The van der Waals surface area contributed by atoms with Gasteiger partial charge in [-0.25, -0.2) is 0 Å². The van der Waals surface area contributed by atoms with Gasteiger partial charge in [-0.2, -0.15) is 5.10 Å². The summed E-state index contributed by atoms with van der Waals surface area (Å²) in [6.07, 6.45) is 1.64. The maximum Gasteiger partial charge on any atom is 0.278 e. The van der Waals surface area contributed by atoms with Crippen LogP contribution in [0.25, 0.3) is 0 Å². The molecule has 1 heterocycles. The molecule has 0 unspecified atom stereocenters. The van der Waals surface area contributed by atoms with Crippen LogP contribution in [0.5, 0.6) is 5.75 Å². The molecular formula is C26H23ClN4O3. The van der Waals surface area contributed by atoms with Gasteiger partial charge in [0, 0.05) is 24.0 Å². The van der Waals surface area contributed by atoms with Crippen molar-refractivity contribution in [2.75, 3.05) is 10.6 Å². The van der Waals surface area contributed by atoms with E-state index >= 15 is 0 Å². The molecule has 0 radical (unpaired) electrons. The number of carbonyl (C=O) groups is 2. The van der Waals surface area contributed by atoms with Crippen LogP contribution in [-0.4, -0.2) is 21.6 Å². The highest BCUT2D eigenvalue weighted by atomic mass is 35.5. The van der Waals surface area contributed by atoms with Crippen molar-refractivity contribution in [3.8, 4) is 5.75 Å². The zero-order chi connectivity index (χ0) is 23.9. The van der Waals surface area contributed by atoms with Gasteiger partial charge in [-0.05, 0) is 48.9 Å². The van der Waals surface area contributed by atoms with Crippen LogP contribution in [0, 0.1) is 0 Å². The zero-order valence-electron chi connectivity index (χ0n) is 18.5. The van der Waals surface area contributed by atoms with Gasteiger partial charge >= 0.3 is 0 Å². The number of aromatic nitrogens is 2. The van der Waals surface area contributed by atoms with Crippen LogP contribution >= 0.6 is 11.6 Å². The number of benzene rings is 3. The van der Waals surface area contributed by atoms with Crippen LogP contribution < -0.4 is 15.4 Å². The molecule has 2 amide bonds. The molecule has 0 aliphatic heterocycles. The van der Waals surface area contributed by atoms with E-state index in [1.54, 1.807) is 53.3 Å². The number of anilines is 2. The van der Waals surface area contributed by atoms with E-state index in [1.807, 2.05) is 43.3 Å². The Bertz CT molecular complexity index is 1300. The summed E-state index contributed by atoms with van der Waals surface area (Å²) in [5.74, 6) is -0.195. The third-order valence-corrected chi connectivity index (χ3v) is 5.31. The van der Waals surface area contributed by atoms with Crippen molar-refractivity contribution >= 4 is 34.8 Å². The summed E-state index contributed by atoms with van der Waals surface area (Å²) in [7, 11) is 0. The van der Waals surface area contributed by atoms with E-state index in [0.29, 0.717) is 34.3 Å². The summed E-state index contributed by atoms with van der Waals surface area (Å²) >= 11 is 6.14. The molecule has 4 aromatic rings. The van der Waals surface area contributed by atoms with E-state index in [0.717, 1.165) is 5.56 Å². The summed E-state index contributed by atoms with van der Waals surface area (Å²) in [6, 6.07) is 23.4. The number of rotatable bonds is 8. The minimum absolute atomic E-state index is 0.136. The number of hydrogen-bond acceptors (Lipinski definition) is 4. The predicted molar refractivity (Wildman–Crippen MR) is 132 cm³/mol. The first-order valence-electron chi connectivity index (χ1n) is 10.7. The Hall–Kier alpha value is -4.10. The van der Waals surface area contributed by atoms with E-state index in [9.17, 15) is 9.59 Å². The van der Waals surface area contributed by atoms with E-state index in [-0.39, 0.29) is 18.2 Å². The number of nitrogens with zero attached hydrogens (tertiary/aromatic N) is 2. The standard InChI is InChI=1S/C26H23ClN4O3/c1-2-31-16-22(24(30-31)26(33)28-20-11-4-3-5-12-20)29-25(32)19-10-8-9-18(15-19)17-34-23-14-7-6-13-21(23)27/h3-16H,2,17H2,1H3,(H,28,33)(H,29,32). The van der Waals surface area contributed by atoms with Crippen LogP contribution in [-0.2, 0) is 13.2 Å². The van der Waals surface area contributed by atoms with Gasteiger partial charge in [0.1, 0.15) is 12.4 Å². The number of amides is 2. The molecule has 0 spiro atoms. The first-order valence-corrected chi connectivity index (χ1v) is 11.1. The predicted octanol–water partition coefficient (Wildman–Crippen LogP) is 5.64. The number of para-hydroxylation sites is 2. The average molecular weight is 475 g/mol. The fourth-order valence-corrected chi connectivity index (χ4v) is 3.46. The fourth-order valence-electron chi connectivity index (χ4n) is 3.27. The SMILES string of the molecule is CCn1cc(NC(=O)c2cccc(COc3ccccc3Cl)c2)c(C(=O)Nc2ccccc2)n1. The number of halogens is 1. The maximum absolute atomic E-state index is 13.0. The molecule has 2 N–H and O–H groups in total. The van der Waals surface area contributed by atoms with E-state index in [4.69, 9.17) is 16.3 Å². The van der Waals surface area contributed by atoms with Gasteiger partial charge in [-0.15, -0.1) is 0 Å². The second kappa shape index (κ2) is 10.7. The molecule has 7 nitrogen and oxygen atoms in total. The smallest absolute Gasteiger partial charge is 0.278 e. The number of ether oxygens (including phenoxy) is 1. The fraction of sp³-hybridized carbons (Fsp3) is 0.115. The molecule has 0 aliphatic rings. The summed E-state index contributed by atoms with van der Waals surface area (Å²) in [5, 5.41) is 10.5. The molecule has 0 saturated carbocycles. The molecule has 0 fully saturated rings. The zero-order valence-corrected chi connectivity index (χ0v) is 19.3. The summed E-state index contributed by atoms with van der Waals surface area (Å²) in [4.78, 5) is 25.8.